The Morgan fingerprint density at radius 2 is 2.23 bits per heavy atom. The van der Waals surface area contributed by atoms with Crippen molar-refractivity contribution in [2.24, 2.45) is 0 Å². The maximum absolute atomic E-state index is 12.7. The first-order chi connectivity index (χ1) is 12.6. The fourth-order valence-corrected chi connectivity index (χ4v) is 4.20. The van der Waals surface area contributed by atoms with Gasteiger partial charge in [-0.25, -0.2) is 4.98 Å². The summed E-state index contributed by atoms with van der Waals surface area (Å²) in [5.41, 5.74) is 6.96. The lowest BCUT2D eigenvalue weighted by Crippen LogP contribution is -2.27. The van der Waals surface area contributed by atoms with E-state index < -0.39 is 6.04 Å². The van der Waals surface area contributed by atoms with Gasteiger partial charge in [-0.2, -0.15) is 0 Å². The first kappa shape index (κ1) is 18.7. The summed E-state index contributed by atoms with van der Waals surface area (Å²) >= 11 is 9.00. The van der Waals surface area contributed by atoms with Gasteiger partial charge in [0.25, 0.3) is 0 Å². The molecule has 3 rings (SSSR count). The highest BCUT2D eigenvalue weighted by Crippen LogP contribution is 2.30. The summed E-state index contributed by atoms with van der Waals surface area (Å²) in [6.07, 6.45) is 2.18. The Hall–Kier alpha value is -2.10. The van der Waals surface area contributed by atoms with Crippen molar-refractivity contribution in [2.45, 2.75) is 30.3 Å². The molecule has 0 saturated carbocycles. The van der Waals surface area contributed by atoms with Gasteiger partial charge in [0.15, 0.2) is 10.3 Å². The molecule has 0 bridgehead atoms. The van der Waals surface area contributed by atoms with Gasteiger partial charge in [0.05, 0.1) is 0 Å². The number of benzene rings is 1. The minimum absolute atomic E-state index is 0.200. The summed E-state index contributed by atoms with van der Waals surface area (Å²) in [5.74, 6) is 0.601. The molecule has 1 amide bonds. The minimum atomic E-state index is -0.525. The highest BCUT2D eigenvalue weighted by Gasteiger charge is 2.25. The molecule has 0 aliphatic rings. The average molecular weight is 409 g/mol. The normalized spacial score (nSPS) is 12.1. The van der Waals surface area contributed by atoms with E-state index in [1.54, 1.807) is 16.1 Å². The standard InChI is InChI=1S/C16H17ClN6OS2/c1-2-12(13(24)20-15-19-7-8-25-15)23-14(18)21-22-16(23)26-9-10-5-3-4-6-11(10)17/h3-8,12H,2,9H2,1H3,(H2,18,21)(H,19,20,24). The quantitative estimate of drug-likeness (QED) is 0.576. The van der Waals surface area contributed by atoms with Gasteiger partial charge in [-0.15, -0.1) is 21.5 Å². The molecular formula is C16H17ClN6OS2. The maximum atomic E-state index is 12.7. The Balaban J connectivity index is 1.79. The zero-order valence-corrected chi connectivity index (χ0v) is 16.3. The Bertz CT molecular complexity index is 883. The van der Waals surface area contributed by atoms with Gasteiger partial charge in [-0.1, -0.05) is 48.5 Å². The zero-order chi connectivity index (χ0) is 18.5. The van der Waals surface area contributed by atoms with Gasteiger partial charge in [0, 0.05) is 22.4 Å². The molecule has 3 N–H and O–H groups in total. The van der Waals surface area contributed by atoms with Crippen LogP contribution in [0.3, 0.4) is 0 Å². The minimum Gasteiger partial charge on any atom is -0.368 e. The number of carbonyl (C=O) groups is 1. The first-order valence-electron chi connectivity index (χ1n) is 7.87. The van der Waals surface area contributed by atoms with E-state index in [1.165, 1.54) is 23.1 Å². The smallest absolute Gasteiger partial charge is 0.249 e. The molecule has 136 valence electrons. The summed E-state index contributed by atoms with van der Waals surface area (Å²) in [7, 11) is 0. The van der Waals surface area contributed by atoms with Crippen molar-refractivity contribution in [3.05, 3.63) is 46.4 Å². The topological polar surface area (TPSA) is 98.7 Å². The molecule has 26 heavy (non-hydrogen) atoms. The molecule has 0 aliphatic carbocycles. The average Bonchev–Trinajstić information content (AvgIpc) is 3.26. The molecule has 2 heterocycles. The fraction of sp³-hybridized carbons (Fsp3) is 0.250. The summed E-state index contributed by atoms with van der Waals surface area (Å²) < 4.78 is 1.66. The number of nitrogens with two attached hydrogens (primary N) is 1. The molecule has 7 nitrogen and oxygen atoms in total. The lowest BCUT2D eigenvalue weighted by atomic mass is 10.2. The van der Waals surface area contributed by atoms with Crippen LogP contribution < -0.4 is 11.1 Å². The Labute approximate surface area is 164 Å². The van der Waals surface area contributed by atoms with Crippen molar-refractivity contribution in [3.63, 3.8) is 0 Å². The van der Waals surface area contributed by atoms with E-state index in [0.29, 0.717) is 27.5 Å². The second-order valence-electron chi connectivity index (χ2n) is 5.34. The third-order valence-corrected chi connectivity index (χ3v) is 5.72. The number of rotatable bonds is 7. The van der Waals surface area contributed by atoms with Crippen molar-refractivity contribution in [3.8, 4) is 0 Å². The molecule has 2 aromatic heterocycles. The Morgan fingerprint density at radius 1 is 1.42 bits per heavy atom. The molecule has 0 aliphatic heterocycles. The molecule has 0 radical (unpaired) electrons. The first-order valence-corrected chi connectivity index (χ1v) is 10.1. The lowest BCUT2D eigenvalue weighted by molar-refractivity contribution is -0.119. The number of hydrogen-bond acceptors (Lipinski definition) is 7. The number of nitrogen functional groups attached to an aromatic ring is 1. The number of hydrogen-bond donors (Lipinski definition) is 2. The van der Waals surface area contributed by atoms with E-state index in [9.17, 15) is 4.79 Å². The third kappa shape index (κ3) is 4.17. The molecule has 1 atom stereocenters. The Morgan fingerprint density at radius 3 is 2.92 bits per heavy atom. The van der Waals surface area contributed by atoms with Crippen molar-refractivity contribution in [1.29, 1.82) is 0 Å². The van der Waals surface area contributed by atoms with Crippen LogP contribution >= 0.6 is 34.7 Å². The maximum Gasteiger partial charge on any atom is 0.249 e. The number of nitrogens with zero attached hydrogens (tertiary/aromatic N) is 4. The van der Waals surface area contributed by atoms with Crippen molar-refractivity contribution in [2.75, 3.05) is 11.1 Å². The van der Waals surface area contributed by atoms with Crippen molar-refractivity contribution < 1.29 is 4.79 Å². The van der Waals surface area contributed by atoms with Crippen LogP contribution in [-0.2, 0) is 10.5 Å². The molecule has 1 aromatic carbocycles. The van der Waals surface area contributed by atoms with Gasteiger partial charge >= 0.3 is 0 Å². The largest absolute Gasteiger partial charge is 0.368 e. The van der Waals surface area contributed by atoms with E-state index >= 15 is 0 Å². The van der Waals surface area contributed by atoms with E-state index in [4.69, 9.17) is 17.3 Å². The van der Waals surface area contributed by atoms with Crippen LogP contribution in [0.15, 0.2) is 41.0 Å². The predicted molar refractivity (Wildman–Crippen MR) is 106 cm³/mol. The van der Waals surface area contributed by atoms with E-state index in [1.807, 2.05) is 31.2 Å². The number of thiazole rings is 1. The molecule has 1 unspecified atom stereocenters. The molecule has 0 saturated heterocycles. The van der Waals surface area contributed by atoms with Crippen LogP contribution in [0.1, 0.15) is 24.9 Å². The molecule has 3 aromatic rings. The fourth-order valence-electron chi connectivity index (χ4n) is 2.40. The number of nitrogens with one attached hydrogen (secondary N) is 1. The number of halogens is 1. The summed E-state index contributed by atoms with van der Waals surface area (Å²) in [4.78, 5) is 16.7. The van der Waals surface area contributed by atoms with Crippen LogP contribution in [0, 0.1) is 0 Å². The summed E-state index contributed by atoms with van der Waals surface area (Å²) in [6, 6.07) is 7.07. The monoisotopic (exact) mass is 408 g/mol. The summed E-state index contributed by atoms with van der Waals surface area (Å²) in [6.45, 7) is 1.91. The van der Waals surface area contributed by atoms with Crippen LogP contribution in [0.25, 0.3) is 0 Å². The van der Waals surface area contributed by atoms with Crippen LogP contribution in [0.2, 0.25) is 5.02 Å². The van der Waals surface area contributed by atoms with Crippen LogP contribution in [-0.4, -0.2) is 25.7 Å². The van der Waals surface area contributed by atoms with Gasteiger partial charge in [0.1, 0.15) is 6.04 Å². The molecule has 0 spiro atoms. The lowest BCUT2D eigenvalue weighted by Gasteiger charge is -2.18. The third-order valence-electron chi connectivity index (χ3n) is 3.67. The highest BCUT2D eigenvalue weighted by molar-refractivity contribution is 7.98. The SMILES string of the molecule is CCC(C(=O)Nc1nccs1)n1c(N)nnc1SCc1ccccc1Cl. The number of amides is 1. The number of anilines is 2. The molecule has 10 heteroatoms. The second kappa shape index (κ2) is 8.52. The summed E-state index contributed by atoms with van der Waals surface area (Å²) in [5, 5.41) is 14.5. The Kier molecular flexibility index (Phi) is 6.12. The second-order valence-corrected chi connectivity index (χ2v) is 7.59. The van der Waals surface area contributed by atoms with Crippen LogP contribution in [0.5, 0.6) is 0 Å². The van der Waals surface area contributed by atoms with E-state index in [0.717, 1.165) is 5.56 Å². The van der Waals surface area contributed by atoms with E-state index in [2.05, 4.69) is 20.5 Å². The van der Waals surface area contributed by atoms with Gasteiger partial charge in [0.2, 0.25) is 11.9 Å². The number of carbonyl (C=O) groups excluding carboxylic acids is 1. The van der Waals surface area contributed by atoms with Gasteiger partial charge < -0.3 is 11.1 Å². The van der Waals surface area contributed by atoms with Crippen LogP contribution in [0.4, 0.5) is 11.1 Å². The molecular weight excluding hydrogens is 392 g/mol. The van der Waals surface area contributed by atoms with E-state index in [-0.39, 0.29) is 11.9 Å². The van der Waals surface area contributed by atoms with Gasteiger partial charge in [-0.05, 0) is 18.1 Å². The number of thioether (sulfide) groups is 1. The number of aromatic nitrogens is 4. The van der Waals surface area contributed by atoms with Crippen molar-refractivity contribution in [1.82, 2.24) is 19.7 Å². The van der Waals surface area contributed by atoms with Gasteiger partial charge in [-0.3, -0.25) is 9.36 Å². The zero-order valence-electron chi connectivity index (χ0n) is 13.9. The van der Waals surface area contributed by atoms with Crippen molar-refractivity contribution >= 4 is 51.7 Å². The molecule has 0 fully saturated rings. The predicted octanol–water partition coefficient (Wildman–Crippen LogP) is 3.85. The highest BCUT2D eigenvalue weighted by atomic mass is 35.5.